The van der Waals surface area contributed by atoms with Crippen molar-refractivity contribution in [3.05, 3.63) is 70.6 Å². The van der Waals surface area contributed by atoms with Crippen molar-refractivity contribution in [2.75, 3.05) is 5.32 Å². The van der Waals surface area contributed by atoms with E-state index in [1.165, 1.54) is 12.1 Å². The Morgan fingerprint density at radius 2 is 1.96 bits per heavy atom. The fraction of sp³-hybridized carbons (Fsp3) is 0.111. The van der Waals surface area contributed by atoms with Crippen LogP contribution in [0.2, 0.25) is 5.02 Å². The smallest absolute Gasteiger partial charge is 0.230 e. The minimum absolute atomic E-state index is 0.0661. The first-order chi connectivity index (χ1) is 11.5. The summed E-state index contributed by atoms with van der Waals surface area (Å²) in [5, 5.41) is 7.23. The van der Waals surface area contributed by atoms with Crippen molar-refractivity contribution in [1.82, 2.24) is 5.16 Å². The molecule has 1 aromatic heterocycles. The third-order valence-corrected chi connectivity index (χ3v) is 3.74. The number of rotatable bonds is 4. The molecule has 1 N–H and O–H groups in total. The van der Waals surface area contributed by atoms with Gasteiger partial charge in [0.15, 0.2) is 5.76 Å². The highest BCUT2D eigenvalue weighted by molar-refractivity contribution is 6.31. The second kappa shape index (κ2) is 6.84. The number of carbonyl (C=O) groups excluding carboxylic acids is 1. The molecule has 3 rings (SSSR count). The summed E-state index contributed by atoms with van der Waals surface area (Å²) in [5.41, 5.74) is 2.77. The summed E-state index contributed by atoms with van der Waals surface area (Å²) >= 11 is 5.94. The van der Waals surface area contributed by atoms with Gasteiger partial charge in [-0.25, -0.2) is 4.39 Å². The lowest BCUT2D eigenvalue weighted by Gasteiger charge is -2.07. The van der Waals surface area contributed by atoms with E-state index in [1.54, 1.807) is 30.3 Å². The van der Waals surface area contributed by atoms with Crippen LogP contribution in [0.4, 0.5) is 10.1 Å². The molecular weight excluding hydrogens is 331 g/mol. The zero-order valence-electron chi connectivity index (χ0n) is 12.8. The molecule has 0 aliphatic rings. The van der Waals surface area contributed by atoms with E-state index in [4.69, 9.17) is 16.1 Å². The molecule has 0 unspecified atom stereocenters. The lowest BCUT2D eigenvalue weighted by molar-refractivity contribution is -0.115. The van der Waals surface area contributed by atoms with E-state index in [2.05, 4.69) is 10.5 Å². The molecule has 6 heteroatoms. The quantitative estimate of drug-likeness (QED) is 0.751. The van der Waals surface area contributed by atoms with Crippen LogP contribution < -0.4 is 5.32 Å². The maximum absolute atomic E-state index is 12.9. The van der Waals surface area contributed by atoms with Crippen molar-refractivity contribution in [3.8, 4) is 11.3 Å². The van der Waals surface area contributed by atoms with Crippen molar-refractivity contribution in [1.29, 1.82) is 0 Å². The molecule has 0 bridgehead atoms. The van der Waals surface area contributed by atoms with E-state index < -0.39 is 0 Å². The highest BCUT2D eigenvalue weighted by atomic mass is 35.5. The third-order valence-electron chi connectivity index (χ3n) is 3.50. The van der Waals surface area contributed by atoms with Crippen LogP contribution in [-0.4, -0.2) is 11.1 Å². The highest BCUT2D eigenvalue weighted by Crippen LogP contribution is 2.22. The Balaban J connectivity index is 1.69. The van der Waals surface area contributed by atoms with Crippen molar-refractivity contribution >= 4 is 23.2 Å². The molecule has 24 heavy (non-hydrogen) atoms. The Hall–Kier alpha value is -2.66. The van der Waals surface area contributed by atoms with Gasteiger partial charge in [-0.3, -0.25) is 4.79 Å². The van der Waals surface area contributed by atoms with Gasteiger partial charge in [-0.2, -0.15) is 0 Å². The minimum atomic E-state index is -0.324. The van der Waals surface area contributed by atoms with E-state index in [-0.39, 0.29) is 18.1 Å². The Bertz CT molecular complexity index is 875. The maximum Gasteiger partial charge on any atom is 0.230 e. The number of amides is 1. The number of benzene rings is 2. The van der Waals surface area contributed by atoms with E-state index in [0.717, 1.165) is 5.56 Å². The summed E-state index contributed by atoms with van der Waals surface area (Å²) in [6, 6.07) is 12.8. The zero-order valence-corrected chi connectivity index (χ0v) is 13.6. The maximum atomic E-state index is 12.9. The van der Waals surface area contributed by atoms with Crippen LogP contribution in [-0.2, 0) is 11.2 Å². The molecule has 1 amide bonds. The summed E-state index contributed by atoms with van der Waals surface area (Å²) in [6.07, 6.45) is 0.0661. The lowest BCUT2D eigenvalue weighted by atomic mass is 10.1. The first-order valence-corrected chi connectivity index (χ1v) is 7.66. The molecular formula is C18H14ClFN2O2. The van der Waals surface area contributed by atoms with E-state index in [1.807, 2.05) is 13.0 Å². The van der Waals surface area contributed by atoms with Gasteiger partial charge in [0, 0.05) is 22.3 Å². The van der Waals surface area contributed by atoms with Crippen LogP contribution in [0.5, 0.6) is 0 Å². The van der Waals surface area contributed by atoms with Crippen LogP contribution in [0.1, 0.15) is 11.3 Å². The van der Waals surface area contributed by atoms with Crippen molar-refractivity contribution in [3.63, 3.8) is 0 Å². The predicted octanol–water partition coefficient (Wildman–Crippen LogP) is 4.62. The molecule has 2 aromatic carbocycles. The summed E-state index contributed by atoms with van der Waals surface area (Å²) in [7, 11) is 0. The normalized spacial score (nSPS) is 10.6. The molecule has 0 spiro atoms. The van der Waals surface area contributed by atoms with E-state index >= 15 is 0 Å². The SMILES string of the molecule is Cc1ccc(Cl)cc1NC(=O)Cc1cc(-c2ccc(F)cc2)on1. The summed E-state index contributed by atoms with van der Waals surface area (Å²) in [6.45, 7) is 1.88. The number of anilines is 1. The van der Waals surface area contributed by atoms with Gasteiger partial charge in [0.05, 0.1) is 12.1 Å². The van der Waals surface area contributed by atoms with Crippen LogP contribution >= 0.6 is 11.6 Å². The fourth-order valence-electron chi connectivity index (χ4n) is 2.23. The largest absolute Gasteiger partial charge is 0.356 e. The Morgan fingerprint density at radius 1 is 1.21 bits per heavy atom. The topological polar surface area (TPSA) is 55.1 Å². The molecule has 0 saturated heterocycles. The van der Waals surface area contributed by atoms with Crippen LogP contribution in [0.3, 0.4) is 0 Å². The van der Waals surface area contributed by atoms with Crippen molar-refractivity contribution in [2.45, 2.75) is 13.3 Å². The Kier molecular flexibility index (Phi) is 4.62. The number of hydrogen-bond acceptors (Lipinski definition) is 3. The number of carbonyl (C=O) groups is 1. The number of aromatic nitrogens is 1. The van der Waals surface area contributed by atoms with Gasteiger partial charge in [-0.15, -0.1) is 0 Å². The van der Waals surface area contributed by atoms with Gasteiger partial charge in [0.2, 0.25) is 5.91 Å². The monoisotopic (exact) mass is 344 g/mol. The number of hydrogen-bond donors (Lipinski definition) is 1. The predicted molar refractivity (Wildman–Crippen MR) is 90.4 cm³/mol. The molecule has 3 aromatic rings. The van der Waals surface area contributed by atoms with E-state index in [9.17, 15) is 9.18 Å². The number of aryl methyl sites for hydroxylation is 1. The molecule has 0 aliphatic carbocycles. The van der Waals surface area contributed by atoms with Gasteiger partial charge in [0.25, 0.3) is 0 Å². The molecule has 0 saturated carbocycles. The van der Waals surface area contributed by atoms with Gasteiger partial charge < -0.3 is 9.84 Å². The molecule has 0 radical (unpaired) electrons. The van der Waals surface area contributed by atoms with Crippen LogP contribution in [0.15, 0.2) is 53.1 Å². The number of nitrogens with one attached hydrogen (secondary N) is 1. The van der Waals surface area contributed by atoms with Crippen LogP contribution in [0.25, 0.3) is 11.3 Å². The molecule has 0 fully saturated rings. The summed E-state index contributed by atoms with van der Waals surface area (Å²) in [4.78, 5) is 12.2. The Morgan fingerprint density at radius 3 is 2.71 bits per heavy atom. The first-order valence-electron chi connectivity index (χ1n) is 7.29. The summed E-state index contributed by atoms with van der Waals surface area (Å²) < 4.78 is 18.1. The zero-order chi connectivity index (χ0) is 17.1. The number of nitrogens with zero attached hydrogens (tertiary/aromatic N) is 1. The standard InChI is InChI=1S/C18H14ClFN2O2/c1-11-2-5-13(19)8-16(11)21-18(23)10-15-9-17(24-22-15)12-3-6-14(20)7-4-12/h2-9H,10H2,1H3,(H,21,23). The second-order valence-electron chi connectivity index (χ2n) is 5.37. The van der Waals surface area contributed by atoms with Gasteiger partial charge in [0.1, 0.15) is 5.82 Å². The van der Waals surface area contributed by atoms with Gasteiger partial charge in [-0.1, -0.05) is 22.8 Å². The van der Waals surface area contributed by atoms with Gasteiger partial charge in [-0.05, 0) is 48.9 Å². The highest BCUT2D eigenvalue weighted by Gasteiger charge is 2.12. The minimum Gasteiger partial charge on any atom is -0.356 e. The average molecular weight is 345 g/mol. The van der Waals surface area contributed by atoms with Crippen molar-refractivity contribution in [2.24, 2.45) is 0 Å². The fourth-order valence-corrected chi connectivity index (χ4v) is 2.41. The van der Waals surface area contributed by atoms with Crippen LogP contribution in [0, 0.1) is 12.7 Å². The van der Waals surface area contributed by atoms with Gasteiger partial charge >= 0.3 is 0 Å². The Labute approximate surface area is 143 Å². The van der Waals surface area contributed by atoms with E-state index in [0.29, 0.717) is 27.7 Å². The average Bonchev–Trinajstić information content (AvgIpc) is 3.00. The third kappa shape index (κ3) is 3.81. The first kappa shape index (κ1) is 16.2. The lowest BCUT2D eigenvalue weighted by Crippen LogP contribution is -2.15. The molecule has 4 nitrogen and oxygen atoms in total. The molecule has 1 heterocycles. The second-order valence-corrected chi connectivity index (χ2v) is 5.81. The molecule has 0 aliphatic heterocycles. The molecule has 0 atom stereocenters. The van der Waals surface area contributed by atoms with Crippen molar-refractivity contribution < 1.29 is 13.7 Å². The molecule has 122 valence electrons. The number of halogens is 2. The summed E-state index contributed by atoms with van der Waals surface area (Å²) in [5.74, 6) is -0.0641.